The molecular formula is C11H16N4O. The van der Waals surface area contributed by atoms with Crippen LogP contribution in [-0.2, 0) is 0 Å². The Hall–Kier alpha value is -1.36. The first-order valence-corrected chi connectivity index (χ1v) is 5.87. The fourth-order valence-corrected chi connectivity index (χ4v) is 2.85. The maximum atomic E-state index is 12.2. The summed E-state index contributed by atoms with van der Waals surface area (Å²) in [6, 6.07) is 2.12. The molecule has 2 aliphatic heterocycles. The van der Waals surface area contributed by atoms with Crippen molar-refractivity contribution in [2.24, 2.45) is 5.92 Å². The average molecular weight is 220 g/mol. The first kappa shape index (κ1) is 9.84. The van der Waals surface area contributed by atoms with Crippen LogP contribution in [0.4, 0.5) is 0 Å². The van der Waals surface area contributed by atoms with E-state index in [0.717, 1.165) is 26.1 Å². The lowest BCUT2D eigenvalue weighted by Crippen LogP contribution is -2.48. The predicted octanol–water partition coefficient (Wildman–Crippen LogP) is 0.234. The number of amides is 1. The van der Waals surface area contributed by atoms with E-state index in [1.807, 2.05) is 4.90 Å². The second-order valence-electron chi connectivity index (χ2n) is 4.60. The zero-order chi connectivity index (χ0) is 11.0. The number of aromatic amines is 1. The molecule has 2 N–H and O–H groups in total. The van der Waals surface area contributed by atoms with Gasteiger partial charge >= 0.3 is 0 Å². The largest absolute Gasteiger partial charge is 0.333 e. The van der Waals surface area contributed by atoms with Crippen molar-refractivity contribution in [3.05, 3.63) is 18.0 Å². The number of likely N-dealkylation sites (tertiary alicyclic amines) is 1. The third-order valence-corrected chi connectivity index (χ3v) is 3.67. The van der Waals surface area contributed by atoms with Crippen molar-refractivity contribution in [3.63, 3.8) is 0 Å². The molecule has 2 saturated heterocycles. The standard InChI is InChI=1S/C11H16N4O/c16-11(9-3-4-13-14-9)15-5-1-2-8-6-12-7-10(8)15/h3-4,8,10,12H,1-2,5-7H2,(H,13,14). The van der Waals surface area contributed by atoms with E-state index >= 15 is 0 Å². The van der Waals surface area contributed by atoms with Gasteiger partial charge in [-0.1, -0.05) is 0 Å². The highest BCUT2D eigenvalue weighted by Crippen LogP contribution is 2.27. The highest BCUT2D eigenvalue weighted by Gasteiger charge is 2.37. The second-order valence-corrected chi connectivity index (χ2v) is 4.60. The van der Waals surface area contributed by atoms with E-state index in [1.54, 1.807) is 12.3 Å². The van der Waals surface area contributed by atoms with Crippen molar-refractivity contribution in [1.29, 1.82) is 0 Å². The third kappa shape index (κ3) is 1.51. The van der Waals surface area contributed by atoms with Crippen molar-refractivity contribution < 1.29 is 4.79 Å². The summed E-state index contributed by atoms with van der Waals surface area (Å²) in [6.45, 7) is 2.86. The van der Waals surface area contributed by atoms with Gasteiger partial charge in [-0.25, -0.2) is 0 Å². The van der Waals surface area contributed by atoms with Crippen LogP contribution in [0.15, 0.2) is 12.3 Å². The van der Waals surface area contributed by atoms with Crippen LogP contribution in [0.3, 0.4) is 0 Å². The van der Waals surface area contributed by atoms with Crippen LogP contribution >= 0.6 is 0 Å². The van der Waals surface area contributed by atoms with Crippen molar-refractivity contribution in [3.8, 4) is 0 Å². The van der Waals surface area contributed by atoms with E-state index in [0.29, 0.717) is 17.7 Å². The lowest BCUT2D eigenvalue weighted by molar-refractivity contribution is 0.0568. The fourth-order valence-electron chi connectivity index (χ4n) is 2.85. The summed E-state index contributed by atoms with van der Waals surface area (Å²) in [5.74, 6) is 0.733. The third-order valence-electron chi connectivity index (χ3n) is 3.67. The summed E-state index contributed by atoms with van der Waals surface area (Å²) in [5.41, 5.74) is 0.604. The van der Waals surface area contributed by atoms with Crippen LogP contribution in [0.5, 0.6) is 0 Å². The number of carbonyl (C=O) groups excluding carboxylic acids is 1. The normalized spacial score (nSPS) is 29.1. The molecule has 1 aromatic heterocycles. The molecule has 0 aliphatic carbocycles. The van der Waals surface area contributed by atoms with Gasteiger partial charge < -0.3 is 10.2 Å². The summed E-state index contributed by atoms with van der Waals surface area (Å²) in [5, 5.41) is 9.96. The molecule has 5 heteroatoms. The molecule has 2 fully saturated rings. The van der Waals surface area contributed by atoms with Crippen molar-refractivity contribution in [1.82, 2.24) is 20.4 Å². The molecule has 0 spiro atoms. The SMILES string of the molecule is O=C(c1ccn[nH]1)N1CCCC2CNCC21. The molecule has 0 radical (unpaired) electrons. The van der Waals surface area contributed by atoms with Gasteiger partial charge in [-0.15, -0.1) is 0 Å². The quantitative estimate of drug-likeness (QED) is 0.712. The number of nitrogens with zero attached hydrogens (tertiary/aromatic N) is 2. The molecule has 0 bridgehead atoms. The minimum Gasteiger partial charge on any atom is -0.333 e. The van der Waals surface area contributed by atoms with E-state index in [2.05, 4.69) is 15.5 Å². The Balaban J connectivity index is 1.80. The molecule has 5 nitrogen and oxygen atoms in total. The number of rotatable bonds is 1. The van der Waals surface area contributed by atoms with Gasteiger partial charge in [-0.2, -0.15) is 5.10 Å². The van der Waals surface area contributed by atoms with Crippen LogP contribution in [0.1, 0.15) is 23.3 Å². The zero-order valence-electron chi connectivity index (χ0n) is 9.15. The molecule has 1 amide bonds. The molecule has 0 saturated carbocycles. The maximum Gasteiger partial charge on any atom is 0.272 e. The lowest BCUT2D eigenvalue weighted by atomic mass is 9.92. The summed E-state index contributed by atoms with van der Waals surface area (Å²) >= 11 is 0. The maximum absolute atomic E-state index is 12.2. The van der Waals surface area contributed by atoms with Crippen LogP contribution in [0.2, 0.25) is 0 Å². The van der Waals surface area contributed by atoms with Crippen molar-refractivity contribution >= 4 is 5.91 Å². The van der Waals surface area contributed by atoms with Gasteiger partial charge in [0.05, 0.1) is 0 Å². The molecule has 16 heavy (non-hydrogen) atoms. The molecule has 1 aromatic rings. The Morgan fingerprint density at radius 3 is 3.25 bits per heavy atom. The molecule has 3 heterocycles. The number of hydrogen-bond donors (Lipinski definition) is 2. The molecule has 86 valence electrons. The molecule has 2 aliphatic rings. The number of fused-ring (bicyclic) bond motifs is 1. The van der Waals surface area contributed by atoms with Crippen LogP contribution in [0.25, 0.3) is 0 Å². The van der Waals surface area contributed by atoms with Gasteiger partial charge in [0.1, 0.15) is 5.69 Å². The van der Waals surface area contributed by atoms with Gasteiger partial charge in [0.2, 0.25) is 0 Å². The van der Waals surface area contributed by atoms with Gasteiger partial charge in [0.15, 0.2) is 0 Å². The Kier molecular flexibility index (Phi) is 2.40. The van der Waals surface area contributed by atoms with Crippen LogP contribution < -0.4 is 5.32 Å². The Bertz CT molecular complexity index is 375. The Morgan fingerprint density at radius 1 is 1.50 bits per heavy atom. The summed E-state index contributed by atoms with van der Waals surface area (Å²) in [7, 11) is 0. The monoisotopic (exact) mass is 220 g/mol. The first-order chi connectivity index (χ1) is 7.86. The minimum atomic E-state index is 0.0934. The fraction of sp³-hybridized carbons (Fsp3) is 0.636. The highest BCUT2D eigenvalue weighted by atomic mass is 16.2. The molecule has 0 aromatic carbocycles. The van der Waals surface area contributed by atoms with E-state index in [9.17, 15) is 4.79 Å². The number of H-pyrrole nitrogens is 1. The van der Waals surface area contributed by atoms with Gasteiger partial charge in [0.25, 0.3) is 5.91 Å². The highest BCUT2D eigenvalue weighted by molar-refractivity contribution is 5.92. The van der Waals surface area contributed by atoms with Gasteiger partial charge in [-0.05, 0) is 24.8 Å². The smallest absolute Gasteiger partial charge is 0.272 e. The van der Waals surface area contributed by atoms with Gasteiger partial charge in [0, 0.05) is 31.9 Å². The predicted molar refractivity (Wildman–Crippen MR) is 59.0 cm³/mol. The Morgan fingerprint density at radius 2 is 2.44 bits per heavy atom. The number of aromatic nitrogens is 2. The number of nitrogens with one attached hydrogen (secondary N) is 2. The average Bonchev–Trinajstić information content (AvgIpc) is 2.98. The van der Waals surface area contributed by atoms with E-state index in [-0.39, 0.29) is 5.91 Å². The van der Waals surface area contributed by atoms with Crippen LogP contribution in [0, 0.1) is 5.92 Å². The number of hydrogen-bond acceptors (Lipinski definition) is 3. The molecular weight excluding hydrogens is 204 g/mol. The molecule has 2 atom stereocenters. The Labute approximate surface area is 94.2 Å². The van der Waals surface area contributed by atoms with Crippen LogP contribution in [-0.4, -0.2) is 46.7 Å². The second kappa shape index (κ2) is 3.90. The van der Waals surface area contributed by atoms with Gasteiger partial charge in [-0.3, -0.25) is 9.89 Å². The lowest BCUT2D eigenvalue weighted by Gasteiger charge is -2.36. The van der Waals surface area contributed by atoms with Crippen molar-refractivity contribution in [2.75, 3.05) is 19.6 Å². The summed E-state index contributed by atoms with van der Waals surface area (Å²) < 4.78 is 0. The van der Waals surface area contributed by atoms with E-state index in [1.165, 1.54) is 6.42 Å². The topological polar surface area (TPSA) is 61.0 Å². The van der Waals surface area contributed by atoms with E-state index in [4.69, 9.17) is 0 Å². The minimum absolute atomic E-state index is 0.0934. The number of piperidine rings is 1. The van der Waals surface area contributed by atoms with Crippen molar-refractivity contribution in [2.45, 2.75) is 18.9 Å². The first-order valence-electron chi connectivity index (χ1n) is 5.87. The summed E-state index contributed by atoms with van der Waals surface area (Å²) in [6.07, 6.45) is 3.98. The summed E-state index contributed by atoms with van der Waals surface area (Å²) in [4.78, 5) is 14.2. The number of carbonyl (C=O) groups is 1. The zero-order valence-corrected chi connectivity index (χ0v) is 9.15. The molecule has 3 rings (SSSR count). The van der Waals surface area contributed by atoms with E-state index < -0.39 is 0 Å². The molecule has 2 unspecified atom stereocenters.